The second kappa shape index (κ2) is 7.84. The number of likely N-dealkylation sites (N-methyl/N-ethyl adjacent to an activating group) is 1. The molecule has 0 aromatic heterocycles. The summed E-state index contributed by atoms with van der Waals surface area (Å²) in [4.78, 5) is 2.39. The molecule has 0 saturated heterocycles. The van der Waals surface area contributed by atoms with Crippen molar-refractivity contribution in [1.82, 2.24) is 10.2 Å². The number of hydrogen-bond donors (Lipinski definition) is 1. The zero-order valence-corrected chi connectivity index (χ0v) is 12.9. The molecule has 1 rings (SSSR count). The van der Waals surface area contributed by atoms with Crippen molar-refractivity contribution in [3.63, 3.8) is 0 Å². The zero-order chi connectivity index (χ0) is 14.3. The Morgan fingerprint density at radius 2 is 2.16 bits per heavy atom. The van der Waals surface area contributed by atoms with Gasteiger partial charge in [-0.15, -0.1) is 0 Å². The van der Waals surface area contributed by atoms with Crippen LogP contribution in [0.25, 0.3) is 0 Å². The molecule has 0 heterocycles. The first-order chi connectivity index (χ1) is 9.04. The third-order valence-electron chi connectivity index (χ3n) is 3.81. The maximum Gasteiger partial charge on any atom is 0.105 e. The van der Waals surface area contributed by atoms with Crippen LogP contribution >= 0.6 is 0 Å². The van der Waals surface area contributed by atoms with E-state index < -0.39 is 5.54 Å². The van der Waals surface area contributed by atoms with Crippen LogP contribution in [0.2, 0.25) is 0 Å². The Bertz CT molecular complexity index is 298. The number of hydrogen-bond acceptors (Lipinski definition) is 4. The summed E-state index contributed by atoms with van der Waals surface area (Å²) in [5.74, 6) is 0. The minimum Gasteiger partial charge on any atom is -0.380 e. The van der Waals surface area contributed by atoms with E-state index >= 15 is 0 Å². The van der Waals surface area contributed by atoms with Gasteiger partial charge >= 0.3 is 0 Å². The monoisotopic (exact) mass is 267 g/mol. The van der Waals surface area contributed by atoms with E-state index in [1.165, 1.54) is 12.8 Å². The van der Waals surface area contributed by atoms with Crippen molar-refractivity contribution < 1.29 is 4.74 Å². The van der Waals surface area contributed by atoms with Gasteiger partial charge in [0, 0.05) is 25.2 Å². The standard InChI is InChI=1S/C15H29N3O/c1-5-18(9-10-19-6-2)13(3)11-15(4,12-16)17-14-7-8-14/h13-14,17H,5-11H2,1-4H3. The molecular formula is C15H29N3O. The van der Waals surface area contributed by atoms with Crippen LogP contribution < -0.4 is 5.32 Å². The van der Waals surface area contributed by atoms with Gasteiger partial charge < -0.3 is 4.74 Å². The van der Waals surface area contributed by atoms with Gasteiger partial charge in [-0.3, -0.25) is 10.2 Å². The van der Waals surface area contributed by atoms with Crippen LogP contribution in [0, 0.1) is 11.3 Å². The van der Waals surface area contributed by atoms with Crippen molar-refractivity contribution in [2.45, 2.75) is 64.6 Å². The molecule has 0 amide bonds. The average molecular weight is 267 g/mol. The molecule has 0 aromatic rings. The smallest absolute Gasteiger partial charge is 0.105 e. The fraction of sp³-hybridized carbons (Fsp3) is 0.933. The summed E-state index contributed by atoms with van der Waals surface area (Å²) in [5.41, 5.74) is -0.403. The topological polar surface area (TPSA) is 48.3 Å². The van der Waals surface area contributed by atoms with E-state index in [0.29, 0.717) is 12.1 Å². The van der Waals surface area contributed by atoms with E-state index in [1.54, 1.807) is 0 Å². The van der Waals surface area contributed by atoms with E-state index in [-0.39, 0.29) is 0 Å². The van der Waals surface area contributed by atoms with Gasteiger partial charge in [0.15, 0.2) is 0 Å². The summed E-state index contributed by atoms with van der Waals surface area (Å²) in [7, 11) is 0. The highest BCUT2D eigenvalue weighted by Gasteiger charge is 2.34. The molecule has 0 radical (unpaired) electrons. The molecule has 110 valence electrons. The van der Waals surface area contributed by atoms with E-state index in [1.807, 2.05) is 13.8 Å². The number of nitrogens with one attached hydrogen (secondary N) is 1. The minimum absolute atomic E-state index is 0.390. The third kappa shape index (κ3) is 5.90. The van der Waals surface area contributed by atoms with Gasteiger partial charge in [0.2, 0.25) is 0 Å². The lowest BCUT2D eigenvalue weighted by molar-refractivity contribution is 0.0931. The van der Waals surface area contributed by atoms with E-state index in [0.717, 1.165) is 32.7 Å². The first kappa shape index (κ1) is 16.4. The van der Waals surface area contributed by atoms with Crippen molar-refractivity contribution in [3.8, 4) is 6.07 Å². The van der Waals surface area contributed by atoms with Crippen LogP contribution in [0.1, 0.15) is 47.0 Å². The van der Waals surface area contributed by atoms with Gasteiger partial charge in [0.1, 0.15) is 5.54 Å². The predicted octanol–water partition coefficient (Wildman–Crippen LogP) is 2.16. The largest absolute Gasteiger partial charge is 0.380 e. The van der Waals surface area contributed by atoms with Gasteiger partial charge in [-0.2, -0.15) is 5.26 Å². The summed E-state index contributed by atoms with van der Waals surface area (Å²) in [6, 6.07) is 3.41. The molecule has 2 atom stereocenters. The maximum atomic E-state index is 9.42. The van der Waals surface area contributed by atoms with Crippen LogP contribution in [-0.2, 0) is 4.74 Å². The number of nitriles is 1. The molecule has 0 spiro atoms. The van der Waals surface area contributed by atoms with E-state index in [9.17, 15) is 5.26 Å². The SMILES string of the molecule is CCOCCN(CC)C(C)CC(C)(C#N)NC1CC1. The Labute approximate surface area is 118 Å². The van der Waals surface area contributed by atoms with Crippen molar-refractivity contribution in [3.05, 3.63) is 0 Å². The van der Waals surface area contributed by atoms with Gasteiger partial charge in [-0.1, -0.05) is 6.92 Å². The average Bonchev–Trinajstić information content (AvgIpc) is 3.18. The molecule has 0 aromatic carbocycles. The van der Waals surface area contributed by atoms with Gasteiger partial charge in [0.25, 0.3) is 0 Å². The van der Waals surface area contributed by atoms with Crippen LogP contribution in [0.3, 0.4) is 0 Å². The summed E-state index contributed by atoms with van der Waals surface area (Å²) < 4.78 is 5.42. The van der Waals surface area contributed by atoms with Crippen molar-refractivity contribution in [2.24, 2.45) is 0 Å². The molecule has 1 aliphatic rings. The second-order valence-corrected chi connectivity index (χ2v) is 5.74. The lowest BCUT2D eigenvalue weighted by Crippen LogP contribution is -2.48. The zero-order valence-electron chi connectivity index (χ0n) is 12.9. The second-order valence-electron chi connectivity index (χ2n) is 5.74. The van der Waals surface area contributed by atoms with Crippen molar-refractivity contribution in [2.75, 3.05) is 26.3 Å². The fourth-order valence-electron chi connectivity index (χ4n) is 2.55. The first-order valence-corrected chi connectivity index (χ1v) is 7.55. The van der Waals surface area contributed by atoms with Gasteiger partial charge in [-0.25, -0.2) is 0 Å². The molecule has 4 nitrogen and oxygen atoms in total. The highest BCUT2D eigenvalue weighted by atomic mass is 16.5. The predicted molar refractivity (Wildman–Crippen MR) is 78.0 cm³/mol. The van der Waals surface area contributed by atoms with Crippen LogP contribution in [0.5, 0.6) is 0 Å². The molecule has 1 aliphatic carbocycles. The lowest BCUT2D eigenvalue weighted by atomic mass is 9.94. The van der Waals surface area contributed by atoms with E-state index in [2.05, 4.69) is 30.1 Å². The van der Waals surface area contributed by atoms with Gasteiger partial charge in [-0.05, 0) is 46.6 Å². The fourth-order valence-corrected chi connectivity index (χ4v) is 2.55. The minimum atomic E-state index is -0.403. The summed E-state index contributed by atoms with van der Waals surface area (Å²) in [6.45, 7) is 11.9. The maximum absolute atomic E-state index is 9.42. The highest BCUT2D eigenvalue weighted by molar-refractivity contribution is 5.08. The Morgan fingerprint density at radius 3 is 2.63 bits per heavy atom. The quantitative estimate of drug-likeness (QED) is 0.616. The Balaban J connectivity index is 2.44. The highest BCUT2D eigenvalue weighted by Crippen LogP contribution is 2.25. The molecule has 4 heteroatoms. The lowest BCUT2D eigenvalue weighted by Gasteiger charge is -2.33. The van der Waals surface area contributed by atoms with Crippen molar-refractivity contribution in [1.29, 1.82) is 5.26 Å². The van der Waals surface area contributed by atoms with Crippen LogP contribution in [0.15, 0.2) is 0 Å². The van der Waals surface area contributed by atoms with Crippen molar-refractivity contribution >= 4 is 0 Å². The molecule has 19 heavy (non-hydrogen) atoms. The third-order valence-corrected chi connectivity index (χ3v) is 3.81. The van der Waals surface area contributed by atoms with Crippen LogP contribution in [0.4, 0.5) is 0 Å². The molecule has 0 bridgehead atoms. The molecule has 1 saturated carbocycles. The Morgan fingerprint density at radius 1 is 1.47 bits per heavy atom. The normalized spacial score (nSPS) is 20.0. The van der Waals surface area contributed by atoms with Gasteiger partial charge in [0.05, 0.1) is 12.7 Å². The van der Waals surface area contributed by atoms with E-state index in [4.69, 9.17) is 4.74 Å². The first-order valence-electron chi connectivity index (χ1n) is 7.55. The summed E-state index contributed by atoms with van der Waals surface area (Å²) in [5, 5.41) is 12.9. The van der Waals surface area contributed by atoms with Crippen LogP contribution in [-0.4, -0.2) is 48.8 Å². The molecule has 2 unspecified atom stereocenters. The number of ether oxygens (including phenoxy) is 1. The Hall–Kier alpha value is -0.630. The summed E-state index contributed by atoms with van der Waals surface area (Å²) >= 11 is 0. The molecule has 1 fully saturated rings. The number of nitrogens with zero attached hydrogens (tertiary/aromatic N) is 2. The Kier molecular flexibility index (Phi) is 6.78. The number of rotatable bonds is 10. The molecule has 0 aliphatic heterocycles. The molecular weight excluding hydrogens is 238 g/mol. The summed E-state index contributed by atoms with van der Waals surface area (Å²) in [6.07, 6.45) is 3.29. The molecule has 1 N–H and O–H groups in total.